The third-order valence-electron chi connectivity index (χ3n) is 5.20. The second-order valence-corrected chi connectivity index (χ2v) is 9.00. The molecule has 26 heavy (non-hydrogen) atoms. The van der Waals surface area contributed by atoms with E-state index in [1.54, 1.807) is 6.07 Å². The lowest BCUT2D eigenvalue weighted by Gasteiger charge is -2.22. The molecule has 0 spiro atoms. The normalized spacial score (nSPS) is 16.1. The fraction of sp³-hybridized carbons (Fsp3) is 0.526. The molecule has 6 nitrogen and oxygen atoms in total. The zero-order valence-electron chi connectivity index (χ0n) is 15.4. The number of nitrogens with one attached hydrogen (secondary N) is 3. The topological polar surface area (TPSA) is 91.1 Å². The molecular weight excluding hydrogens is 350 g/mol. The van der Waals surface area contributed by atoms with Crippen molar-refractivity contribution in [3.63, 3.8) is 0 Å². The molecule has 1 heterocycles. The highest BCUT2D eigenvalue weighted by Crippen LogP contribution is 2.24. The molecule has 1 saturated carbocycles. The van der Waals surface area contributed by atoms with E-state index in [9.17, 15) is 13.2 Å². The van der Waals surface area contributed by atoms with E-state index in [0.717, 1.165) is 47.8 Å². The van der Waals surface area contributed by atoms with Crippen molar-refractivity contribution in [2.45, 2.75) is 52.0 Å². The largest absolute Gasteiger partial charge is 0.358 e. The summed E-state index contributed by atoms with van der Waals surface area (Å²) in [7, 11) is -3.38. The van der Waals surface area contributed by atoms with Gasteiger partial charge in [0.25, 0.3) is 5.91 Å². The molecular formula is C19H27N3O3S. The molecule has 0 atom stereocenters. The van der Waals surface area contributed by atoms with Crippen molar-refractivity contribution in [1.82, 2.24) is 15.0 Å². The van der Waals surface area contributed by atoms with Gasteiger partial charge in [0.1, 0.15) is 0 Å². The lowest BCUT2D eigenvalue weighted by atomic mass is 9.96. The number of para-hydroxylation sites is 1. The molecule has 0 unspecified atom stereocenters. The van der Waals surface area contributed by atoms with Crippen LogP contribution in [0.4, 0.5) is 0 Å². The zero-order valence-corrected chi connectivity index (χ0v) is 16.2. The highest BCUT2D eigenvalue weighted by atomic mass is 32.2. The van der Waals surface area contributed by atoms with E-state index < -0.39 is 10.0 Å². The van der Waals surface area contributed by atoms with Crippen LogP contribution in [-0.2, 0) is 10.0 Å². The Morgan fingerprint density at radius 2 is 1.92 bits per heavy atom. The molecule has 1 aliphatic rings. The molecule has 1 aliphatic carbocycles. The first-order chi connectivity index (χ1) is 12.4. The van der Waals surface area contributed by atoms with Crippen molar-refractivity contribution in [2.24, 2.45) is 0 Å². The number of H-pyrrole nitrogens is 1. The fourth-order valence-corrected chi connectivity index (χ4v) is 4.83. The number of hydrogen-bond acceptors (Lipinski definition) is 3. The third kappa shape index (κ3) is 4.27. The van der Waals surface area contributed by atoms with Gasteiger partial charge in [0.2, 0.25) is 10.0 Å². The number of aryl methyl sites for hydroxylation is 2. The highest BCUT2D eigenvalue weighted by molar-refractivity contribution is 7.89. The van der Waals surface area contributed by atoms with Crippen LogP contribution in [0.2, 0.25) is 0 Å². The summed E-state index contributed by atoms with van der Waals surface area (Å²) in [6, 6.07) is 5.62. The minimum absolute atomic E-state index is 0.0445. The maximum atomic E-state index is 12.5. The first-order valence-electron chi connectivity index (χ1n) is 9.23. The predicted molar refractivity (Wildman–Crippen MR) is 104 cm³/mol. The summed E-state index contributed by atoms with van der Waals surface area (Å²) >= 11 is 0. The molecule has 1 aromatic heterocycles. The Labute approximate surface area is 154 Å². The smallest absolute Gasteiger partial charge is 0.253 e. The van der Waals surface area contributed by atoms with Gasteiger partial charge in [0.15, 0.2) is 0 Å². The van der Waals surface area contributed by atoms with Crippen molar-refractivity contribution in [3.8, 4) is 0 Å². The van der Waals surface area contributed by atoms with Crippen molar-refractivity contribution in [2.75, 3.05) is 12.3 Å². The van der Waals surface area contributed by atoms with E-state index in [-0.39, 0.29) is 24.2 Å². The standard InChI is InChI=1S/C19H27N3O3S/c1-13-14(2)21-18-16(13)9-6-10-17(18)19(23)20-11-12-26(24,25)22-15-7-4-3-5-8-15/h6,9-10,15,21-22H,3-5,7-8,11-12H2,1-2H3,(H,20,23). The van der Waals surface area contributed by atoms with Crippen LogP contribution in [0.3, 0.4) is 0 Å². The number of fused-ring (bicyclic) bond motifs is 1. The van der Waals surface area contributed by atoms with Crippen molar-refractivity contribution in [3.05, 3.63) is 35.0 Å². The summed E-state index contributed by atoms with van der Waals surface area (Å²) in [5, 5.41) is 3.75. The van der Waals surface area contributed by atoms with Gasteiger partial charge >= 0.3 is 0 Å². The van der Waals surface area contributed by atoms with Gasteiger partial charge in [0, 0.05) is 23.7 Å². The number of amides is 1. The summed E-state index contributed by atoms with van der Waals surface area (Å²) in [6.07, 6.45) is 5.13. The molecule has 3 rings (SSSR count). The fourth-order valence-electron chi connectivity index (χ4n) is 3.60. The van der Waals surface area contributed by atoms with E-state index in [0.29, 0.717) is 5.56 Å². The Morgan fingerprint density at radius 1 is 1.19 bits per heavy atom. The van der Waals surface area contributed by atoms with E-state index in [1.165, 1.54) is 6.42 Å². The maximum absolute atomic E-state index is 12.5. The van der Waals surface area contributed by atoms with Gasteiger partial charge in [-0.15, -0.1) is 0 Å². The van der Waals surface area contributed by atoms with Gasteiger partial charge in [0.05, 0.1) is 16.8 Å². The first-order valence-corrected chi connectivity index (χ1v) is 10.9. The summed E-state index contributed by atoms with van der Waals surface area (Å²) in [6.45, 7) is 4.08. The molecule has 0 bridgehead atoms. The second-order valence-electron chi connectivity index (χ2n) is 7.13. The van der Waals surface area contributed by atoms with Gasteiger partial charge in [-0.2, -0.15) is 0 Å². The number of carbonyl (C=O) groups excluding carboxylic acids is 1. The lowest BCUT2D eigenvalue weighted by molar-refractivity contribution is 0.0957. The average Bonchev–Trinajstić information content (AvgIpc) is 2.89. The van der Waals surface area contributed by atoms with E-state index in [2.05, 4.69) is 15.0 Å². The van der Waals surface area contributed by atoms with Gasteiger partial charge in [-0.1, -0.05) is 31.4 Å². The minimum Gasteiger partial charge on any atom is -0.358 e. The summed E-state index contributed by atoms with van der Waals surface area (Å²) in [4.78, 5) is 15.8. The van der Waals surface area contributed by atoms with Gasteiger partial charge in [-0.3, -0.25) is 4.79 Å². The van der Waals surface area contributed by atoms with E-state index >= 15 is 0 Å². The number of aromatic amines is 1. The Morgan fingerprint density at radius 3 is 2.65 bits per heavy atom. The Kier molecular flexibility index (Phi) is 5.67. The Bertz CT molecular complexity index is 896. The van der Waals surface area contributed by atoms with Crippen molar-refractivity contribution in [1.29, 1.82) is 0 Å². The molecule has 1 fully saturated rings. The summed E-state index contributed by atoms with van der Waals surface area (Å²) in [5.74, 6) is -0.363. The predicted octanol–water partition coefficient (Wildman–Crippen LogP) is 2.77. The molecule has 142 valence electrons. The average molecular weight is 378 g/mol. The van der Waals surface area contributed by atoms with Crippen LogP contribution in [0.5, 0.6) is 0 Å². The van der Waals surface area contributed by atoms with Crippen LogP contribution in [0.1, 0.15) is 53.7 Å². The molecule has 3 N–H and O–H groups in total. The van der Waals surface area contributed by atoms with Crippen LogP contribution < -0.4 is 10.0 Å². The zero-order chi connectivity index (χ0) is 18.7. The molecule has 0 saturated heterocycles. The lowest BCUT2D eigenvalue weighted by Crippen LogP contribution is -2.40. The first kappa shape index (κ1) is 18.9. The quantitative estimate of drug-likeness (QED) is 0.723. The summed E-state index contributed by atoms with van der Waals surface area (Å²) < 4.78 is 27.2. The van der Waals surface area contributed by atoms with Crippen LogP contribution in [0, 0.1) is 13.8 Å². The number of rotatable bonds is 6. The van der Waals surface area contributed by atoms with Crippen LogP contribution >= 0.6 is 0 Å². The number of sulfonamides is 1. The minimum atomic E-state index is -3.38. The molecule has 0 aliphatic heterocycles. The van der Waals surface area contributed by atoms with Gasteiger partial charge in [-0.25, -0.2) is 13.1 Å². The van der Waals surface area contributed by atoms with E-state index in [4.69, 9.17) is 0 Å². The molecule has 2 aromatic rings. The van der Waals surface area contributed by atoms with Crippen molar-refractivity contribution >= 4 is 26.8 Å². The Hall–Kier alpha value is -1.86. The second kappa shape index (κ2) is 7.80. The van der Waals surface area contributed by atoms with Crippen LogP contribution in [0.25, 0.3) is 10.9 Å². The highest BCUT2D eigenvalue weighted by Gasteiger charge is 2.20. The van der Waals surface area contributed by atoms with Gasteiger partial charge < -0.3 is 10.3 Å². The van der Waals surface area contributed by atoms with Gasteiger partial charge in [-0.05, 0) is 38.3 Å². The molecule has 7 heteroatoms. The monoisotopic (exact) mass is 377 g/mol. The van der Waals surface area contributed by atoms with Crippen molar-refractivity contribution < 1.29 is 13.2 Å². The number of benzene rings is 1. The molecule has 0 radical (unpaired) electrons. The summed E-state index contributed by atoms with van der Waals surface area (Å²) in [5.41, 5.74) is 3.48. The van der Waals surface area contributed by atoms with Crippen LogP contribution in [0.15, 0.2) is 18.2 Å². The molecule has 1 amide bonds. The van der Waals surface area contributed by atoms with E-state index in [1.807, 2.05) is 26.0 Å². The maximum Gasteiger partial charge on any atom is 0.253 e. The number of aromatic nitrogens is 1. The number of carbonyl (C=O) groups is 1. The number of hydrogen-bond donors (Lipinski definition) is 3. The van der Waals surface area contributed by atoms with Crippen LogP contribution in [-0.4, -0.2) is 37.6 Å². The SMILES string of the molecule is Cc1[nH]c2c(C(=O)NCCS(=O)(=O)NC3CCCCC3)cccc2c1C. The molecule has 1 aromatic carbocycles. The third-order valence-corrected chi connectivity index (χ3v) is 6.63. The Balaban J connectivity index is 1.60.